The summed E-state index contributed by atoms with van der Waals surface area (Å²) in [5, 5.41) is 6.05. The Kier molecular flexibility index (Phi) is 11.3. The molecule has 2 N–H and O–H groups in total. The van der Waals surface area contributed by atoms with Crippen LogP contribution >= 0.6 is 0 Å². The molecule has 1 aliphatic heterocycles. The highest BCUT2D eigenvalue weighted by Gasteiger charge is 2.37. The van der Waals surface area contributed by atoms with Crippen molar-refractivity contribution in [2.24, 2.45) is 0 Å². The molecule has 1 aromatic heterocycles. The molecule has 1 saturated heterocycles. The van der Waals surface area contributed by atoms with E-state index in [4.69, 9.17) is 9.16 Å². The fraction of sp³-hybridized carbons (Fsp3) is 0.457. The Morgan fingerprint density at radius 1 is 0.977 bits per heavy atom. The number of nitrogens with zero attached hydrogens (tertiary/aromatic N) is 2. The molecule has 0 radical (unpaired) electrons. The molecule has 3 aromatic rings. The lowest BCUT2D eigenvalue weighted by Crippen LogP contribution is -2.40. The number of nitrogens with one attached hydrogen (secondary N) is 2. The average Bonchev–Trinajstić information content (AvgIpc) is 2.98. The first-order valence-electron chi connectivity index (χ1n) is 15.6. The van der Waals surface area contributed by atoms with E-state index >= 15 is 0 Å². The van der Waals surface area contributed by atoms with E-state index in [0.717, 1.165) is 48.2 Å². The van der Waals surface area contributed by atoms with Gasteiger partial charge in [0.2, 0.25) is 5.91 Å². The second kappa shape index (κ2) is 15.0. The molecule has 2 aromatic carbocycles. The summed E-state index contributed by atoms with van der Waals surface area (Å²) >= 11 is 0. The van der Waals surface area contributed by atoms with Crippen LogP contribution in [0.15, 0.2) is 66.9 Å². The van der Waals surface area contributed by atoms with Crippen molar-refractivity contribution in [2.45, 2.75) is 83.7 Å². The first-order chi connectivity index (χ1) is 20.9. The number of aryl methyl sites for hydroxylation is 1. The van der Waals surface area contributed by atoms with Crippen LogP contribution < -0.4 is 10.6 Å². The van der Waals surface area contributed by atoms with E-state index in [1.54, 1.807) is 6.20 Å². The van der Waals surface area contributed by atoms with E-state index in [9.17, 15) is 9.59 Å². The van der Waals surface area contributed by atoms with Crippen molar-refractivity contribution in [3.8, 4) is 11.1 Å². The topological polar surface area (TPSA) is 92.8 Å². The molecule has 0 bridgehead atoms. The molecule has 0 unspecified atom stereocenters. The van der Waals surface area contributed by atoms with Crippen LogP contribution in [0.25, 0.3) is 11.1 Å². The minimum absolute atomic E-state index is 0.0747. The SMILES string of the molecule is CN1CCC(OC(=O)Nc2cc(CCCC(=O)Nc3ccc(CO[Si](C)(C)C(C)(C)C)cn3)ccc2-c2ccccc2)CC1. The number of aromatic nitrogens is 1. The Morgan fingerprint density at radius 3 is 2.34 bits per heavy atom. The monoisotopic (exact) mass is 616 g/mol. The smallest absolute Gasteiger partial charge is 0.411 e. The number of likely N-dealkylation sites (tertiary alicyclic amines) is 1. The molecular formula is C35H48N4O4Si. The maximum atomic E-state index is 12.9. The Morgan fingerprint density at radius 2 is 1.68 bits per heavy atom. The van der Waals surface area contributed by atoms with Gasteiger partial charge in [-0.15, -0.1) is 0 Å². The van der Waals surface area contributed by atoms with Gasteiger partial charge in [-0.2, -0.15) is 0 Å². The van der Waals surface area contributed by atoms with Gasteiger partial charge >= 0.3 is 6.09 Å². The second-order valence-corrected chi connectivity index (χ2v) is 18.1. The number of hydrogen-bond donors (Lipinski definition) is 2. The number of rotatable bonds is 11. The van der Waals surface area contributed by atoms with Crippen LogP contribution in [0.3, 0.4) is 0 Å². The predicted octanol–water partition coefficient (Wildman–Crippen LogP) is 7.87. The van der Waals surface area contributed by atoms with Crippen molar-refractivity contribution < 1.29 is 18.8 Å². The van der Waals surface area contributed by atoms with Crippen LogP contribution in [0.2, 0.25) is 18.1 Å². The Bertz CT molecular complexity index is 1380. The fourth-order valence-electron chi connectivity index (χ4n) is 4.84. The Hall–Kier alpha value is -3.53. The lowest BCUT2D eigenvalue weighted by molar-refractivity contribution is -0.116. The number of ether oxygens (including phenoxy) is 1. The number of hydrogen-bond acceptors (Lipinski definition) is 6. The van der Waals surface area contributed by atoms with Crippen molar-refractivity contribution >= 4 is 31.8 Å². The number of piperidine rings is 1. The first-order valence-corrected chi connectivity index (χ1v) is 18.5. The van der Waals surface area contributed by atoms with Crippen molar-refractivity contribution in [2.75, 3.05) is 30.8 Å². The number of carbonyl (C=O) groups is 2. The molecule has 2 heterocycles. The minimum Gasteiger partial charge on any atom is -0.446 e. The molecule has 9 heteroatoms. The molecule has 2 amide bonds. The third-order valence-electron chi connectivity index (χ3n) is 8.71. The van der Waals surface area contributed by atoms with E-state index in [-0.39, 0.29) is 17.0 Å². The summed E-state index contributed by atoms with van der Waals surface area (Å²) in [4.78, 5) is 32.2. The van der Waals surface area contributed by atoms with Gasteiger partial charge in [-0.25, -0.2) is 9.78 Å². The van der Waals surface area contributed by atoms with Crippen LogP contribution in [0.5, 0.6) is 0 Å². The van der Waals surface area contributed by atoms with Crippen molar-refractivity contribution in [3.05, 3.63) is 78.0 Å². The summed E-state index contributed by atoms with van der Waals surface area (Å²) in [7, 11) is 0.242. The summed E-state index contributed by atoms with van der Waals surface area (Å²) in [6.07, 6.45) is 4.65. The number of pyridine rings is 1. The Balaban J connectivity index is 1.31. The van der Waals surface area contributed by atoms with Gasteiger partial charge in [-0.1, -0.05) is 69.3 Å². The fourth-order valence-corrected chi connectivity index (χ4v) is 5.80. The number of anilines is 2. The summed E-state index contributed by atoms with van der Waals surface area (Å²) in [6, 6.07) is 19.8. The van der Waals surface area contributed by atoms with Crippen LogP contribution in [0.4, 0.5) is 16.3 Å². The molecule has 0 saturated carbocycles. The molecule has 0 atom stereocenters. The lowest BCUT2D eigenvalue weighted by atomic mass is 9.99. The number of benzene rings is 2. The zero-order valence-electron chi connectivity index (χ0n) is 27.1. The quantitative estimate of drug-likeness (QED) is 0.213. The minimum atomic E-state index is -1.84. The van der Waals surface area contributed by atoms with Crippen LogP contribution in [0.1, 0.15) is 57.6 Å². The van der Waals surface area contributed by atoms with Crippen LogP contribution in [-0.2, 0) is 27.0 Å². The van der Waals surface area contributed by atoms with E-state index < -0.39 is 14.4 Å². The summed E-state index contributed by atoms with van der Waals surface area (Å²) in [5.41, 5.74) is 4.68. The lowest BCUT2D eigenvalue weighted by Gasteiger charge is -2.36. The third-order valence-corrected chi connectivity index (χ3v) is 13.2. The van der Waals surface area contributed by atoms with Gasteiger partial charge in [-0.05, 0) is 79.7 Å². The zero-order valence-corrected chi connectivity index (χ0v) is 28.1. The third kappa shape index (κ3) is 9.74. The highest BCUT2D eigenvalue weighted by molar-refractivity contribution is 6.74. The zero-order chi connectivity index (χ0) is 31.7. The molecule has 4 rings (SSSR count). The van der Waals surface area contributed by atoms with Crippen molar-refractivity contribution in [3.63, 3.8) is 0 Å². The first kappa shape index (κ1) is 33.4. The van der Waals surface area contributed by atoms with Gasteiger partial charge in [0.1, 0.15) is 11.9 Å². The predicted molar refractivity (Wildman–Crippen MR) is 180 cm³/mol. The van der Waals surface area contributed by atoms with Gasteiger partial charge in [0.15, 0.2) is 8.32 Å². The van der Waals surface area contributed by atoms with Crippen LogP contribution in [0, 0.1) is 0 Å². The molecule has 44 heavy (non-hydrogen) atoms. The molecule has 236 valence electrons. The second-order valence-electron chi connectivity index (χ2n) is 13.3. The van der Waals surface area contributed by atoms with Crippen LogP contribution in [-0.4, -0.2) is 56.4 Å². The average molecular weight is 617 g/mol. The molecular weight excluding hydrogens is 568 g/mol. The van der Waals surface area contributed by atoms with Gasteiger partial charge in [-0.3, -0.25) is 10.1 Å². The van der Waals surface area contributed by atoms with Gasteiger partial charge in [0.05, 0.1) is 12.3 Å². The van der Waals surface area contributed by atoms with Gasteiger partial charge < -0.3 is 19.4 Å². The highest BCUT2D eigenvalue weighted by Crippen LogP contribution is 2.37. The highest BCUT2D eigenvalue weighted by atomic mass is 28.4. The molecule has 0 aliphatic carbocycles. The van der Waals surface area contributed by atoms with Gasteiger partial charge in [0.25, 0.3) is 0 Å². The summed E-state index contributed by atoms with van der Waals surface area (Å²) in [5.74, 6) is 0.455. The van der Waals surface area contributed by atoms with E-state index in [0.29, 0.717) is 37.4 Å². The van der Waals surface area contributed by atoms with Crippen molar-refractivity contribution in [1.82, 2.24) is 9.88 Å². The van der Waals surface area contributed by atoms with E-state index in [1.807, 2.05) is 54.6 Å². The Labute approximate surface area is 263 Å². The molecule has 1 aliphatic rings. The van der Waals surface area contributed by atoms with Crippen molar-refractivity contribution in [1.29, 1.82) is 0 Å². The standard InChI is InChI=1S/C35H48N4O4Si/c1-35(2,3)44(5,6)42-25-27-16-18-32(36-24-27)38-33(40)14-10-11-26-15-17-30(28-12-8-7-9-13-28)31(23-26)37-34(41)43-29-19-21-39(4)22-20-29/h7-9,12-13,15-18,23-24,29H,10-11,14,19-22,25H2,1-6H3,(H,37,41)(H,36,38,40). The summed E-state index contributed by atoms with van der Waals surface area (Å²) in [6.45, 7) is 13.5. The largest absolute Gasteiger partial charge is 0.446 e. The normalized spacial score (nSPS) is 14.7. The maximum absolute atomic E-state index is 12.9. The molecule has 0 spiro atoms. The van der Waals surface area contributed by atoms with Gasteiger partial charge in [0, 0.05) is 31.3 Å². The molecule has 8 nitrogen and oxygen atoms in total. The molecule has 1 fully saturated rings. The summed E-state index contributed by atoms with van der Waals surface area (Å²) < 4.78 is 12.0. The van der Waals surface area contributed by atoms with E-state index in [2.05, 4.69) is 67.5 Å². The van der Waals surface area contributed by atoms with E-state index in [1.165, 1.54) is 0 Å². The maximum Gasteiger partial charge on any atom is 0.411 e. The number of carbonyl (C=O) groups excluding carboxylic acids is 2. The number of amides is 2.